The molecular formula is C66H78F2N14O18. The highest BCUT2D eigenvalue weighted by Crippen LogP contribution is 2.33. The maximum absolute atomic E-state index is 14.0. The summed E-state index contributed by atoms with van der Waals surface area (Å²) in [5, 5.41) is 37.7. The smallest absolute Gasteiger partial charge is 0.407 e. The molecule has 0 radical (unpaired) electrons. The molecule has 0 unspecified atom stereocenters. The second-order valence-electron chi connectivity index (χ2n) is 22.4. The Morgan fingerprint density at radius 1 is 0.680 bits per heavy atom. The maximum Gasteiger partial charge on any atom is 0.407 e. The topological polar surface area (TPSA) is 447 Å². The number of carbonyl (C=O) groups excluding carboxylic acids is 8. The summed E-state index contributed by atoms with van der Waals surface area (Å²) in [7, 11) is 0. The van der Waals surface area contributed by atoms with Crippen LogP contribution in [0, 0.1) is 5.92 Å². The second-order valence-corrected chi connectivity index (χ2v) is 22.4. The average Bonchev–Trinajstić information content (AvgIpc) is 1.16. The molecule has 7 rings (SSSR count). The predicted molar refractivity (Wildman–Crippen MR) is 353 cm³/mol. The number of para-hydroxylation sites is 1. The van der Waals surface area contributed by atoms with Gasteiger partial charge in [0.1, 0.15) is 48.6 Å². The number of primary amides is 1. The van der Waals surface area contributed by atoms with E-state index in [-0.39, 0.29) is 158 Å². The van der Waals surface area contributed by atoms with Crippen molar-refractivity contribution in [3.05, 3.63) is 126 Å². The first-order valence-corrected chi connectivity index (χ1v) is 31.7. The monoisotopic (exact) mass is 1390 g/mol. The van der Waals surface area contributed by atoms with Gasteiger partial charge in [-0.1, -0.05) is 50.2 Å². The van der Waals surface area contributed by atoms with Crippen molar-refractivity contribution >= 4 is 81.9 Å². The number of alkyl halides is 2. The van der Waals surface area contributed by atoms with Crippen LogP contribution in [-0.4, -0.2) is 197 Å². The number of nitrogens with one attached hydrogen (secondary N) is 8. The molecule has 0 saturated carbocycles. The number of nitrogens with two attached hydrogens (primary N) is 1. The van der Waals surface area contributed by atoms with Crippen LogP contribution >= 0.6 is 0 Å². The fourth-order valence-electron chi connectivity index (χ4n) is 9.62. The van der Waals surface area contributed by atoms with Gasteiger partial charge in [0, 0.05) is 48.5 Å². The average molecular weight is 1390 g/mol. The summed E-state index contributed by atoms with van der Waals surface area (Å²) in [6.07, 6.45) is -0.720. The minimum Gasteiger partial charge on any atom is -0.481 e. The first kappa shape index (κ1) is 76.3. The molecule has 12 N–H and O–H groups in total. The van der Waals surface area contributed by atoms with E-state index < -0.39 is 90.3 Å². The van der Waals surface area contributed by atoms with Gasteiger partial charge in [0.05, 0.1) is 107 Å². The number of imidazole rings is 1. The third-order valence-electron chi connectivity index (χ3n) is 14.7. The number of hydrogen-bond acceptors (Lipinski definition) is 21. The number of aromatic amines is 1. The molecule has 3 aromatic heterocycles. The van der Waals surface area contributed by atoms with Gasteiger partial charge in [-0.2, -0.15) is 0 Å². The molecule has 100 heavy (non-hydrogen) atoms. The van der Waals surface area contributed by atoms with Crippen LogP contribution in [0.4, 0.5) is 29.7 Å². The number of amides is 9. The number of urea groups is 1. The number of benzene rings is 3. The fraction of sp³-hybridized carbons (Fsp3) is 0.394. The van der Waals surface area contributed by atoms with Crippen LogP contribution in [0.25, 0.3) is 33.7 Å². The molecule has 3 aromatic carbocycles. The predicted octanol–water partition coefficient (Wildman–Crippen LogP) is 4.38. The van der Waals surface area contributed by atoms with Gasteiger partial charge in [0.2, 0.25) is 29.5 Å². The lowest BCUT2D eigenvalue weighted by Gasteiger charge is -2.27. The number of alkyl carbamates (subject to hydrolysis) is 1. The first-order chi connectivity index (χ1) is 48.1. The Labute approximate surface area is 571 Å². The zero-order valence-electron chi connectivity index (χ0n) is 54.6. The number of ether oxygens (including phenoxy) is 6. The number of anilines is 2. The Morgan fingerprint density at radius 3 is 2.05 bits per heavy atom. The first-order valence-electron chi connectivity index (χ1n) is 31.7. The molecule has 0 aliphatic carbocycles. The fourth-order valence-corrected chi connectivity index (χ4v) is 9.62. The number of pyridine rings is 1. The molecular weight excluding hydrogens is 1310 g/mol. The van der Waals surface area contributed by atoms with Crippen molar-refractivity contribution in [2.75, 3.05) is 89.7 Å². The number of hydrogen-bond donors (Lipinski definition) is 11. The standard InChI is InChI=1S/C66H78F2N14O18/c1-39(2)57(81-62(89)49(18-21-56(86)87)76-52(83)22-26-95-29-31-97-33-34-98-32-30-96-28-25-82-54(84)19-20-55(82)85)63(90)78-48(11-6-23-70-65(69)93)61(88)74-42-15-12-40(13-16-42)38-100-66(94)71-24-27-99-53-37-73-45-17-14-41(35-50(45)77-53)58-59(46-9-5-10-47(75-46)60(67)68)80-51(79-58)36-72-44-8-4-3-7-43(44)64(91)92/h3-5,7-10,12-17,19-20,35,37,39,48-49,57,60,72H,6,11,18,21-34,36,38H2,1-2H3,(H,71,94)(H,74,88)(H,76,83)(H,78,90)(H,79,80)(H,81,89)(H,86,87)(H,91,92)(H3,69,70,93)/t48-,49-,57-/m0/s1. The molecule has 0 spiro atoms. The molecule has 1 aliphatic rings. The van der Waals surface area contributed by atoms with Crippen LogP contribution < -0.4 is 47.7 Å². The van der Waals surface area contributed by atoms with Crippen LogP contribution in [0.2, 0.25) is 0 Å². The summed E-state index contributed by atoms with van der Waals surface area (Å²) in [6.45, 7) is 4.59. The molecule has 34 heteroatoms. The van der Waals surface area contributed by atoms with Crippen molar-refractivity contribution in [1.29, 1.82) is 0 Å². The minimum atomic E-state index is -2.85. The number of H-pyrrole nitrogens is 1. The molecule has 9 amide bonds. The van der Waals surface area contributed by atoms with E-state index in [1.165, 1.54) is 48.7 Å². The summed E-state index contributed by atoms with van der Waals surface area (Å²) < 4.78 is 60.5. The number of aromatic nitrogens is 5. The number of fused-ring (bicyclic) bond motifs is 1. The number of carboxylic acids is 2. The van der Waals surface area contributed by atoms with Crippen LogP contribution in [0.1, 0.15) is 79.8 Å². The van der Waals surface area contributed by atoms with Gasteiger partial charge in [-0.05, 0) is 79.3 Å². The van der Waals surface area contributed by atoms with Crippen molar-refractivity contribution in [3.8, 4) is 28.5 Å². The van der Waals surface area contributed by atoms with Crippen molar-refractivity contribution in [2.24, 2.45) is 11.7 Å². The molecule has 534 valence electrons. The lowest BCUT2D eigenvalue weighted by molar-refractivity contribution is -0.139. The van der Waals surface area contributed by atoms with Gasteiger partial charge in [-0.3, -0.25) is 38.5 Å². The normalized spacial score (nSPS) is 12.8. The van der Waals surface area contributed by atoms with Crippen molar-refractivity contribution in [1.82, 2.24) is 56.4 Å². The molecule has 6 aromatic rings. The number of aliphatic carboxylic acids is 1. The molecule has 0 saturated heterocycles. The van der Waals surface area contributed by atoms with E-state index in [2.05, 4.69) is 62.1 Å². The van der Waals surface area contributed by atoms with Crippen molar-refractivity contribution in [3.63, 3.8) is 0 Å². The Balaban J connectivity index is 0.845. The molecule has 1 aliphatic heterocycles. The Kier molecular flexibility index (Phi) is 30.0. The highest BCUT2D eigenvalue weighted by atomic mass is 19.3. The van der Waals surface area contributed by atoms with Crippen molar-refractivity contribution < 1.29 is 95.4 Å². The third-order valence-corrected chi connectivity index (χ3v) is 14.7. The van der Waals surface area contributed by atoms with Crippen molar-refractivity contribution in [2.45, 2.75) is 83.7 Å². The molecule has 32 nitrogen and oxygen atoms in total. The Bertz CT molecular complexity index is 3820. The van der Waals surface area contributed by atoms with E-state index >= 15 is 0 Å². The summed E-state index contributed by atoms with van der Waals surface area (Å²) in [5.41, 5.74) is 8.19. The number of halogens is 2. The lowest BCUT2D eigenvalue weighted by atomic mass is 10.0. The van der Waals surface area contributed by atoms with Gasteiger partial charge in [-0.25, -0.2) is 43.1 Å². The second kappa shape index (κ2) is 39.3. The van der Waals surface area contributed by atoms with E-state index in [0.717, 1.165) is 4.90 Å². The summed E-state index contributed by atoms with van der Waals surface area (Å²) in [5.74, 6) is -6.24. The van der Waals surface area contributed by atoms with Gasteiger partial charge in [0.25, 0.3) is 18.2 Å². The third kappa shape index (κ3) is 24.8. The van der Waals surface area contributed by atoms with Crippen LogP contribution in [0.15, 0.2) is 103 Å². The molecule has 0 fully saturated rings. The minimum absolute atomic E-state index is 0.0131. The van der Waals surface area contributed by atoms with Gasteiger partial charge < -0.3 is 86.6 Å². The van der Waals surface area contributed by atoms with Crippen LogP contribution in [0.3, 0.4) is 0 Å². The molecule has 3 atom stereocenters. The van der Waals surface area contributed by atoms with Crippen LogP contribution in [0.5, 0.6) is 5.88 Å². The zero-order valence-corrected chi connectivity index (χ0v) is 54.6. The SMILES string of the molecule is CC(C)[C@H](NC(=O)[C@H](CCC(=O)O)NC(=O)CCOCCOCCOCCOCCN1C(=O)C=CC1=O)C(=O)N[C@@H](CCCNC(N)=O)C(=O)Nc1ccc(COC(=O)NCCOc2cnc3ccc(-c4[nH]c(CNc5ccccc5C(=O)O)nc4-c4cccc(C(F)F)n4)cc3n2)cc1. The number of carbonyl (C=O) groups is 10. The Hall–Kier alpha value is -11.1. The van der Waals surface area contributed by atoms with E-state index in [0.29, 0.717) is 39.4 Å². The van der Waals surface area contributed by atoms with E-state index in [9.17, 15) is 66.9 Å². The highest BCUT2D eigenvalue weighted by Gasteiger charge is 2.32. The van der Waals surface area contributed by atoms with E-state index in [1.54, 1.807) is 68.4 Å². The van der Waals surface area contributed by atoms with Gasteiger partial charge >= 0.3 is 24.1 Å². The maximum atomic E-state index is 14.0. The van der Waals surface area contributed by atoms with E-state index in [1.807, 2.05) is 0 Å². The highest BCUT2D eigenvalue weighted by molar-refractivity contribution is 6.13. The number of carboxylic acid groups (broad SMARTS) is 2. The molecule has 4 heterocycles. The lowest BCUT2D eigenvalue weighted by Crippen LogP contribution is -2.58. The van der Waals surface area contributed by atoms with E-state index in [4.69, 9.17) is 34.2 Å². The summed E-state index contributed by atoms with van der Waals surface area (Å²) >= 11 is 0. The number of rotatable bonds is 43. The zero-order chi connectivity index (χ0) is 71.9. The number of nitrogens with zero attached hydrogens (tertiary/aromatic N) is 5. The number of aromatic carboxylic acids is 1. The quantitative estimate of drug-likeness (QED) is 0.0187. The van der Waals surface area contributed by atoms with Gasteiger partial charge in [0.15, 0.2) is 0 Å². The van der Waals surface area contributed by atoms with Crippen LogP contribution in [-0.2, 0) is 70.4 Å². The largest absolute Gasteiger partial charge is 0.481 e. The van der Waals surface area contributed by atoms with Gasteiger partial charge in [-0.15, -0.1) is 0 Å². The summed E-state index contributed by atoms with van der Waals surface area (Å²) in [4.78, 5) is 147. The molecule has 0 bridgehead atoms. The number of imide groups is 1. The Morgan fingerprint density at radius 2 is 1.37 bits per heavy atom. The summed E-state index contributed by atoms with van der Waals surface area (Å²) in [6, 6.07) is 17.1.